The van der Waals surface area contributed by atoms with Crippen LogP contribution in [0.5, 0.6) is 0 Å². The van der Waals surface area contributed by atoms with Crippen LogP contribution in [-0.4, -0.2) is 25.4 Å². The Morgan fingerprint density at radius 1 is 1.57 bits per heavy atom. The second-order valence-corrected chi connectivity index (χ2v) is 3.00. The summed E-state index contributed by atoms with van der Waals surface area (Å²) >= 11 is 0. The zero-order chi connectivity index (χ0) is 11.0. The summed E-state index contributed by atoms with van der Waals surface area (Å²) in [4.78, 5) is 3.95. The van der Waals surface area contributed by atoms with Gasteiger partial charge in [0, 0.05) is 0 Å². The van der Waals surface area contributed by atoms with Crippen LogP contribution in [0, 0.1) is 0 Å². The number of hydrogen-bond acceptors (Lipinski definition) is 2. The van der Waals surface area contributed by atoms with Crippen LogP contribution in [0.1, 0.15) is 20.8 Å². The second-order valence-electron chi connectivity index (χ2n) is 3.00. The van der Waals surface area contributed by atoms with Crippen LogP contribution in [0.15, 0.2) is 28.8 Å². The van der Waals surface area contributed by atoms with Crippen LogP contribution in [0.3, 0.4) is 0 Å². The molecule has 0 aromatic carbocycles. The van der Waals surface area contributed by atoms with E-state index in [1.807, 2.05) is 33.8 Å². The van der Waals surface area contributed by atoms with Crippen LogP contribution in [0.25, 0.3) is 0 Å². The van der Waals surface area contributed by atoms with Crippen LogP contribution < -0.4 is 11.1 Å². The first-order valence-corrected chi connectivity index (χ1v) is 4.65. The van der Waals surface area contributed by atoms with Gasteiger partial charge in [-0.2, -0.15) is 0 Å². The van der Waals surface area contributed by atoms with E-state index in [0.717, 1.165) is 17.6 Å². The third-order valence-corrected chi connectivity index (χ3v) is 1.62. The molecule has 0 saturated heterocycles. The fraction of sp³-hybridized carbons (Fsp3) is 0.400. The molecule has 0 heterocycles. The first kappa shape index (κ1) is 12.7. The molecule has 0 aliphatic carbocycles. The molecular weight excluding hydrogens is 173 g/mol. The molecule has 3 nitrogen and oxygen atoms in total. The van der Waals surface area contributed by atoms with E-state index in [2.05, 4.69) is 16.9 Å². The van der Waals surface area contributed by atoms with Crippen molar-refractivity contribution < 1.29 is 0 Å². The number of nitrogens with one attached hydrogen (secondary N) is 1. The van der Waals surface area contributed by atoms with Crippen LogP contribution in [0.2, 0.25) is 0 Å². The molecule has 0 aromatic rings. The standard InChI is InChI=1S/C10H18BN3/c1-5-13-7-11-9(8(3)4)10(12)14-6-2/h6-7,13H,2,5H2,1,3-4H3,(H2,12,14). The fourth-order valence-corrected chi connectivity index (χ4v) is 0.936. The SMILES string of the molecule is C=C/N=C(/N)C(/B=C\NCC)=C(C)C. The number of allylic oxidation sites excluding steroid dienone is 1. The Balaban J connectivity index is 4.73. The van der Waals surface area contributed by atoms with Crippen molar-refractivity contribution in [1.29, 1.82) is 0 Å². The van der Waals surface area contributed by atoms with Crippen molar-refractivity contribution in [2.24, 2.45) is 10.7 Å². The first-order valence-electron chi connectivity index (χ1n) is 4.65. The van der Waals surface area contributed by atoms with E-state index < -0.39 is 0 Å². The maximum absolute atomic E-state index is 5.75. The summed E-state index contributed by atoms with van der Waals surface area (Å²) in [6.45, 7) is 12.4. The molecule has 0 saturated carbocycles. The normalized spacial score (nSPS) is 10.9. The van der Waals surface area contributed by atoms with Gasteiger partial charge in [-0.3, -0.25) is 0 Å². The molecule has 0 bridgehead atoms. The fourth-order valence-electron chi connectivity index (χ4n) is 0.936. The van der Waals surface area contributed by atoms with Gasteiger partial charge in [0.15, 0.2) is 0 Å². The molecule has 0 amide bonds. The monoisotopic (exact) mass is 191 g/mol. The van der Waals surface area contributed by atoms with Gasteiger partial charge in [0.1, 0.15) is 0 Å². The van der Waals surface area contributed by atoms with Crippen LogP contribution in [0.4, 0.5) is 0 Å². The van der Waals surface area contributed by atoms with Crippen molar-refractivity contribution in [1.82, 2.24) is 5.32 Å². The first-order chi connectivity index (χ1) is 6.63. The number of amidine groups is 1. The minimum atomic E-state index is 0.495. The molecule has 0 rings (SSSR count). The summed E-state index contributed by atoms with van der Waals surface area (Å²) < 4.78 is 0. The number of nitrogens with two attached hydrogens (primary N) is 1. The maximum atomic E-state index is 5.75. The summed E-state index contributed by atoms with van der Waals surface area (Å²) in [7, 11) is 0. The van der Waals surface area contributed by atoms with Gasteiger partial charge in [-0.05, 0) is 0 Å². The van der Waals surface area contributed by atoms with Gasteiger partial charge in [-0.1, -0.05) is 0 Å². The Morgan fingerprint density at radius 2 is 2.21 bits per heavy atom. The molecule has 0 atom stereocenters. The second kappa shape index (κ2) is 7.12. The Bertz CT molecular complexity index is 273. The molecule has 0 radical (unpaired) electrons. The Morgan fingerprint density at radius 3 is 2.64 bits per heavy atom. The van der Waals surface area contributed by atoms with Crippen LogP contribution in [-0.2, 0) is 0 Å². The molecule has 0 spiro atoms. The Labute approximate surface area is 86.7 Å². The van der Waals surface area contributed by atoms with E-state index >= 15 is 0 Å². The molecule has 0 aliphatic heterocycles. The predicted octanol–water partition coefficient (Wildman–Crippen LogP) is 0.854. The van der Waals surface area contributed by atoms with Gasteiger partial charge in [0.25, 0.3) is 0 Å². The molecule has 0 aliphatic rings. The summed E-state index contributed by atoms with van der Waals surface area (Å²) in [5.74, 6) is 0.495. The van der Waals surface area contributed by atoms with Gasteiger partial charge in [0.05, 0.1) is 0 Å². The minimum absolute atomic E-state index is 0.495. The van der Waals surface area contributed by atoms with Crippen LogP contribution >= 0.6 is 0 Å². The van der Waals surface area contributed by atoms with Gasteiger partial charge in [0.2, 0.25) is 0 Å². The number of nitrogens with zero attached hydrogens (tertiary/aromatic N) is 1. The summed E-state index contributed by atoms with van der Waals surface area (Å²) in [5, 5.41) is 3.08. The molecule has 0 fully saturated rings. The summed E-state index contributed by atoms with van der Waals surface area (Å²) in [6.07, 6.45) is 3.31. The van der Waals surface area contributed by atoms with Crippen molar-refractivity contribution in [3.8, 4) is 0 Å². The van der Waals surface area contributed by atoms with Crippen molar-refractivity contribution in [2.75, 3.05) is 6.54 Å². The Hall–Kier alpha value is -1.32. The van der Waals surface area contributed by atoms with Gasteiger partial charge in [-0.25, -0.2) is 0 Å². The molecule has 4 heteroatoms. The van der Waals surface area contributed by atoms with E-state index in [1.54, 1.807) is 0 Å². The summed E-state index contributed by atoms with van der Waals surface area (Å²) in [6, 6.07) is 0. The van der Waals surface area contributed by atoms with E-state index in [1.165, 1.54) is 6.20 Å². The third kappa shape index (κ3) is 4.65. The van der Waals surface area contributed by atoms with Crippen molar-refractivity contribution in [3.63, 3.8) is 0 Å². The number of aliphatic imine (C=N–C) groups is 1. The molecular formula is C10H18BN3. The predicted molar refractivity (Wildman–Crippen MR) is 65.7 cm³/mol. The van der Waals surface area contributed by atoms with Gasteiger partial charge < -0.3 is 0 Å². The summed E-state index contributed by atoms with van der Waals surface area (Å²) in [5.41, 5.74) is 7.82. The van der Waals surface area contributed by atoms with E-state index in [-0.39, 0.29) is 0 Å². The number of hydrogen-bond donors (Lipinski definition) is 2. The van der Waals surface area contributed by atoms with Gasteiger partial charge in [-0.15, -0.1) is 0 Å². The topological polar surface area (TPSA) is 50.4 Å². The zero-order valence-electron chi connectivity index (χ0n) is 9.17. The molecule has 0 aromatic heterocycles. The average Bonchev–Trinajstić information content (AvgIpc) is 2.12. The average molecular weight is 191 g/mol. The van der Waals surface area contributed by atoms with E-state index in [9.17, 15) is 0 Å². The molecule has 3 N–H and O–H groups in total. The molecule has 14 heavy (non-hydrogen) atoms. The van der Waals surface area contributed by atoms with E-state index in [4.69, 9.17) is 5.73 Å². The molecule has 0 unspecified atom stereocenters. The van der Waals surface area contributed by atoms with Crippen molar-refractivity contribution >= 4 is 18.8 Å². The Kier molecular flexibility index (Phi) is 6.45. The van der Waals surface area contributed by atoms with E-state index in [0.29, 0.717) is 5.84 Å². The van der Waals surface area contributed by atoms with Gasteiger partial charge >= 0.3 is 86.0 Å². The quantitative estimate of drug-likeness (QED) is 0.384. The van der Waals surface area contributed by atoms with Crippen molar-refractivity contribution in [2.45, 2.75) is 20.8 Å². The van der Waals surface area contributed by atoms with Crippen molar-refractivity contribution in [3.05, 3.63) is 23.8 Å². The zero-order valence-corrected chi connectivity index (χ0v) is 9.17. The number of rotatable bonds is 5. The molecule has 76 valence electrons. The third-order valence-electron chi connectivity index (χ3n) is 1.62.